The smallest absolute Gasteiger partial charge is 0.287 e. The molecule has 2 atom stereocenters. The standard InChI is InChI=1S/C19H20F2N2O2/c1-11-18(12-6-8-23(11)9-7-12)22-19(24)17-5-4-16(25-17)14-3-2-13(20)10-15(14)21/h2-5,10-12,18H,6-9H2,1H3,(H,22,24). The van der Waals surface area contributed by atoms with Gasteiger partial charge in [0.25, 0.3) is 5.91 Å². The average molecular weight is 346 g/mol. The molecule has 0 aliphatic carbocycles. The van der Waals surface area contributed by atoms with Gasteiger partial charge in [-0.15, -0.1) is 0 Å². The van der Waals surface area contributed by atoms with Crippen molar-refractivity contribution in [1.29, 1.82) is 0 Å². The number of hydrogen-bond donors (Lipinski definition) is 1. The zero-order valence-corrected chi connectivity index (χ0v) is 14.0. The second-order valence-corrected chi connectivity index (χ2v) is 6.90. The number of furan rings is 1. The van der Waals surface area contributed by atoms with Gasteiger partial charge in [0.05, 0.1) is 5.56 Å². The molecule has 3 aliphatic heterocycles. The van der Waals surface area contributed by atoms with Crippen molar-refractivity contribution in [1.82, 2.24) is 10.2 Å². The third kappa shape index (κ3) is 2.95. The Balaban J connectivity index is 1.51. The molecule has 25 heavy (non-hydrogen) atoms. The van der Waals surface area contributed by atoms with E-state index in [1.165, 1.54) is 18.2 Å². The molecule has 3 fully saturated rings. The lowest BCUT2D eigenvalue weighted by Crippen LogP contribution is -2.62. The van der Waals surface area contributed by atoms with Crippen molar-refractivity contribution in [2.45, 2.75) is 31.8 Å². The van der Waals surface area contributed by atoms with Crippen molar-refractivity contribution in [2.75, 3.05) is 13.1 Å². The molecule has 0 radical (unpaired) electrons. The average Bonchev–Trinajstić information content (AvgIpc) is 3.08. The van der Waals surface area contributed by atoms with Gasteiger partial charge in [0.2, 0.25) is 0 Å². The highest BCUT2D eigenvalue weighted by atomic mass is 19.1. The molecule has 2 unspecified atom stereocenters. The molecule has 4 heterocycles. The van der Waals surface area contributed by atoms with E-state index < -0.39 is 11.6 Å². The van der Waals surface area contributed by atoms with Crippen molar-refractivity contribution in [3.8, 4) is 11.3 Å². The Morgan fingerprint density at radius 2 is 1.96 bits per heavy atom. The minimum absolute atomic E-state index is 0.103. The molecule has 4 nitrogen and oxygen atoms in total. The largest absolute Gasteiger partial charge is 0.451 e. The number of amides is 1. The number of hydrogen-bond acceptors (Lipinski definition) is 3. The quantitative estimate of drug-likeness (QED) is 0.926. The zero-order chi connectivity index (χ0) is 17.6. The van der Waals surface area contributed by atoms with Crippen LogP contribution in [0, 0.1) is 17.6 Å². The second-order valence-electron chi connectivity index (χ2n) is 6.90. The zero-order valence-electron chi connectivity index (χ0n) is 14.0. The van der Waals surface area contributed by atoms with E-state index >= 15 is 0 Å². The third-order valence-corrected chi connectivity index (χ3v) is 5.50. The summed E-state index contributed by atoms with van der Waals surface area (Å²) in [5.74, 6) is -0.811. The van der Waals surface area contributed by atoms with E-state index in [2.05, 4.69) is 17.1 Å². The first-order chi connectivity index (χ1) is 12.0. The van der Waals surface area contributed by atoms with E-state index in [1.807, 2.05) is 0 Å². The van der Waals surface area contributed by atoms with Gasteiger partial charge in [0.1, 0.15) is 17.4 Å². The number of halogens is 2. The first kappa shape index (κ1) is 16.3. The fraction of sp³-hybridized carbons (Fsp3) is 0.421. The normalized spacial score (nSPS) is 28.1. The molecule has 3 saturated heterocycles. The first-order valence-corrected chi connectivity index (χ1v) is 8.63. The van der Waals surface area contributed by atoms with Crippen LogP contribution in [0.25, 0.3) is 11.3 Å². The maximum absolute atomic E-state index is 13.9. The summed E-state index contributed by atoms with van der Waals surface area (Å²) in [7, 11) is 0. The predicted octanol–water partition coefficient (Wildman–Crippen LogP) is 3.44. The van der Waals surface area contributed by atoms with Gasteiger partial charge in [-0.3, -0.25) is 9.69 Å². The number of piperidine rings is 3. The summed E-state index contributed by atoms with van der Waals surface area (Å²) in [5.41, 5.74) is 0.136. The fourth-order valence-electron chi connectivity index (χ4n) is 4.06. The summed E-state index contributed by atoms with van der Waals surface area (Å²) in [4.78, 5) is 14.9. The number of fused-ring (bicyclic) bond motifs is 3. The Kier molecular flexibility index (Phi) is 4.07. The summed E-state index contributed by atoms with van der Waals surface area (Å²) >= 11 is 0. The number of carbonyl (C=O) groups excluding carboxylic acids is 1. The number of carbonyl (C=O) groups is 1. The maximum atomic E-state index is 13.9. The molecule has 1 aromatic heterocycles. The van der Waals surface area contributed by atoms with Crippen LogP contribution in [0.5, 0.6) is 0 Å². The first-order valence-electron chi connectivity index (χ1n) is 8.63. The van der Waals surface area contributed by atoms with Gasteiger partial charge >= 0.3 is 0 Å². The summed E-state index contributed by atoms with van der Waals surface area (Å²) in [6.07, 6.45) is 2.19. The Hall–Kier alpha value is -2.21. The molecule has 6 heteroatoms. The molecule has 1 aromatic carbocycles. The van der Waals surface area contributed by atoms with Crippen molar-refractivity contribution in [3.63, 3.8) is 0 Å². The van der Waals surface area contributed by atoms with Crippen LogP contribution in [0.1, 0.15) is 30.3 Å². The number of benzene rings is 1. The van der Waals surface area contributed by atoms with Gasteiger partial charge in [-0.2, -0.15) is 0 Å². The topological polar surface area (TPSA) is 45.5 Å². The summed E-state index contributed by atoms with van der Waals surface area (Å²) in [6, 6.07) is 6.74. The number of nitrogens with one attached hydrogen (secondary N) is 1. The van der Waals surface area contributed by atoms with Gasteiger partial charge in [-0.25, -0.2) is 8.78 Å². The molecule has 0 saturated carbocycles. The molecular formula is C19H20F2N2O2. The lowest BCUT2D eigenvalue weighted by atomic mass is 9.79. The second kappa shape index (κ2) is 6.26. The van der Waals surface area contributed by atoms with E-state index in [0.29, 0.717) is 12.0 Å². The Bertz CT molecular complexity index is 794. The Labute approximate surface area is 144 Å². The van der Waals surface area contributed by atoms with Crippen LogP contribution in [0.3, 0.4) is 0 Å². The van der Waals surface area contributed by atoms with E-state index in [4.69, 9.17) is 4.42 Å². The highest BCUT2D eigenvalue weighted by Gasteiger charge is 2.40. The van der Waals surface area contributed by atoms with Crippen molar-refractivity contribution < 1.29 is 18.0 Å². The highest BCUT2D eigenvalue weighted by molar-refractivity contribution is 5.92. The van der Waals surface area contributed by atoms with Crippen molar-refractivity contribution >= 4 is 5.91 Å². The van der Waals surface area contributed by atoms with Gasteiger partial charge in [-0.1, -0.05) is 0 Å². The Morgan fingerprint density at radius 3 is 2.64 bits per heavy atom. The molecule has 132 valence electrons. The lowest BCUT2D eigenvalue weighted by Gasteiger charge is -2.49. The molecule has 1 amide bonds. The molecule has 2 bridgehead atoms. The van der Waals surface area contributed by atoms with Crippen LogP contribution in [0.15, 0.2) is 34.7 Å². The lowest BCUT2D eigenvalue weighted by molar-refractivity contribution is 0.0211. The monoisotopic (exact) mass is 346 g/mol. The van der Waals surface area contributed by atoms with Crippen molar-refractivity contribution in [3.05, 3.63) is 47.7 Å². The van der Waals surface area contributed by atoms with Crippen LogP contribution < -0.4 is 5.32 Å². The molecule has 0 spiro atoms. The minimum atomic E-state index is -0.715. The molecular weight excluding hydrogens is 326 g/mol. The molecule has 2 aromatic rings. The van der Waals surface area contributed by atoms with Crippen LogP contribution in [-0.2, 0) is 0 Å². The fourth-order valence-corrected chi connectivity index (χ4v) is 4.06. The van der Waals surface area contributed by atoms with Gasteiger partial charge < -0.3 is 9.73 Å². The van der Waals surface area contributed by atoms with E-state index in [1.54, 1.807) is 0 Å². The van der Waals surface area contributed by atoms with E-state index in [-0.39, 0.29) is 29.0 Å². The summed E-state index contributed by atoms with van der Waals surface area (Å²) in [6.45, 7) is 4.32. The third-order valence-electron chi connectivity index (χ3n) is 5.50. The minimum Gasteiger partial charge on any atom is -0.451 e. The van der Waals surface area contributed by atoms with Gasteiger partial charge in [-0.05, 0) is 63.0 Å². The molecule has 5 rings (SSSR count). The van der Waals surface area contributed by atoms with Gasteiger partial charge in [0, 0.05) is 18.2 Å². The van der Waals surface area contributed by atoms with Crippen LogP contribution in [0.2, 0.25) is 0 Å². The van der Waals surface area contributed by atoms with Crippen LogP contribution >= 0.6 is 0 Å². The number of nitrogens with zero attached hydrogens (tertiary/aromatic N) is 1. The van der Waals surface area contributed by atoms with Crippen LogP contribution in [-0.4, -0.2) is 36.0 Å². The predicted molar refractivity (Wildman–Crippen MR) is 89.1 cm³/mol. The van der Waals surface area contributed by atoms with E-state index in [9.17, 15) is 13.6 Å². The van der Waals surface area contributed by atoms with Gasteiger partial charge in [0.15, 0.2) is 5.76 Å². The van der Waals surface area contributed by atoms with Crippen LogP contribution in [0.4, 0.5) is 8.78 Å². The summed E-state index contributed by atoms with van der Waals surface area (Å²) in [5, 5.41) is 3.08. The highest BCUT2D eigenvalue weighted by Crippen LogP contribution is 2.32. The SMILES string of the molecule is CC1C(NC(=O)c2ccc(-c3ccc(F)cc3F)o2)C2CCN1CC2. The molecule has 1 N–H and O–H groups in total. The summed E-state index contributed by atoms with van der Waals surface area (Å²) < 4.78 is 32.4. The van der Waals surface area contributed by atoms with Crippen molar-refractivity contribution in [2.24, 2.45) is 5.92 Å². The number of rotatable bonds is 3. The Morgan fingerprint density at radius 1 is 1.20 bits per heavy atom. The maximum Gasteiger partial charge on any atom is 0.287 e. The molecule has 3 aliphatic rings. The van der Waals surface area contributed by atoms with E-state index in [0.717, 1.165) is 38.1 Å².